The van der Waals surface area contributed by atoms with Gasteiger partial charge in [0.2, 0.25) is 0 Å². The molecule has 2 bridgehead atoms. The van der Waals surface area contributed by atoms with E-state index in [9.17, 15) is 4.79 Å². The number of fused-ring (bicyclic) bond motifs is 4. The fourth-order valence-corrected chi connectivity index (χ4v) is 5.94. The van der Waals surface area contributed by atoms with Crippen LogP contribution in [0.2, 0.25) is 0 Å². The van der Waals surface area contributed by atoms with Crippen molar-refractivity contribution in [2.45, 2.75) is 76.5 Å². The maximum Gasteiger partial charge on any atom is 0.411 e. The molecular formula is C22H31BrN2O2. The molecule has 0 unspecified atom stereocenters. The van der Waals surface area contributed by atoms with Gasteiger partial charge >= 0.3 is 6.09 Å². The lowest BCUT2D eigenvalue weighted by atomic mass is 9.79. The Morgan fingerprint density at radius 2 is 2.07 bits per heavy atom. The first-order valence-corrected chi connectivity index (χ1v) is 11.4. The lowest BCUT2D eigenvalue weighted by Crippen LogP contribution is -2.55. The number of hydrogen-bond acceptors (Lipinski definition) is 3. The second-order valence-corrected chi connectivity index (χ2v) is 9.40. The van der Waals surface area contributed by atoms with Gasteiger partial charge < -0.3 is 4.74 Å². The van der Waals surface area contributed by atoms with Crippen molar-refractivity contribution in [3.05, 3.63) is 28.7 Å². The normalized spacial score (nSPS) is 32.7. The van der Waals surface area contributed by atoms with Crippen LogP contribution in [-0.4, -0.2) is 35.7 Å². The molecule has 3 fully saturated rings. The average Bonchev–Trinajstić information content (AvgIpc) is 3.03. The molecule has 4 nitrogen and oxygen atoms in total. The molecular weight excluding hydrogens is 404 g/mol. The molecule has 1 aromatic carbocycles. The van der Waals surface area contributed by atoms with Gasteiger partial charge in [-0.05, 0) is 68.8 Å². The third-order valence-corrected chi connectivity index (χ3v) is 7.38. The van der Waals surface area contributed by atoms with Crippen molar-refractivity contribution in [1.29, 1.82) is 0 Å². The monoisotopic (exact) mass is 434 g/mol. The molecule has 0 aromatic heterocycles. The number of carbonyl (C=O) groups is 1. The Morgan fingerprint density at radius 1 is 1.26 bits per heavy atom. The molecule has 4 rings (SSSR count). The topological polar surface area (TPSA) is 41.6 Å². The van der Waals surface area contributed by atoms with Gasteiger partial charge in [0.05, 0.1) is 0 Å². The van der Waals surface area contributed by atoms with Gasteiger partial charge in [0.25, 0.3) is 0 Å². The number of unbranched alkanes of at least 4 members (excludes halogenated alkanes) is 1. The van der Waals surface area contributed by atoms with Crippen LogP contribution < -0.4 is 5.32 Å². The van der Waals surface area contributed by atoms with E-state index in [2.05, 4.69) is 33.1 Å². The summed E-state index contributed by atoms with van der Waals surface area (Å²) >= 11 is 3.42. The Balaban J connectivity index is 1.42. The molecule has 0 spiro atoms. The van der Waals surface area contributed by atoms with Crippen LogP contribution in [-0.2, 0) is 4.74 Å². The van der Waals surface area contributed by atoms with Crippen LogP contribution in [0.5, 0.6) is 0 Å². The van der Waals surface area contributed by atoms with E-state index in [1.165, 1.54) is 51.5 Å². The number of anilines is 1. The highest BCUT2D eigenvalue weighted by molar-refractivity contribution is 9.10. The van der Waals surface area contributed by atoms with E-state index in [0.717, 1.165) is 16.6 Å². The molecule has 2 saturated heterocycles. The molecule has 1 amide bonds. The molecule has 1 saturated carbocycles. The Bertz CT molecular complexity index is 650. The fraction of sp³-hybridized carbons (Fsp3) is 0.682. The summed E-state index contributed by atoms with van der Waals surface area (Å²) in [4.78, 5) is 15.3. The highest BCUT2D eigenvalue weighted by Gasteiger charge is 2.52. The number of rotatable bonds is 5. The summed E-state index contributed by atoms with van der Waals surface area (Å²) in [7, 11) is 0. The number of carbonyl (C=O) groups excluding carboxylic acids is 1. The first kappa shape index (κ1) is 19.3. The van der Waals surface area contributed by atoms with Crippen LogP contribution in [0.4, 0.5) is 10.5 Å². The zero-order valence-electron chi connectivity index (χ0n) is 16.2. The molecule has 2 aliphatic heterocycles. The molecule has 148 valence electrons. The second kappa shape index (κ2) is 8.52. The van der Waals surface area contributed by atoms with E-state index in [1.54, 1.807) is 0 Å². The lowest BCUT2D eigenvalue weighted by Gasteiger charge is -2.49. The van der Waals surface area contributed by atoms with E-state index < -0.39 is 0 Å². The fourth-order valence-electron chi connectivity index (χ4n) is 5.68. The van der Waals surface area contributed by atoms with Crippen molar-refractivity contribution in [2.24, 2.45) is 11.8 Å². The predicted molar refractivity (Wildman–Crippen MR) is 112 cm³/mol. The molecule has 0 radical (unpaired) electrons. The number of piperidine rings is 2. The van der Waals surface area contributed by atoms with Crippen molar-refractivity contribution in [1.82, 2.24) is 4.90 Å². The molecule has 5 atom stereocenters. The summed E-state index contributed by atoms with van der Waals surface area (Å²) in [5, 5.41) is 2.90. The minimum absolute atomic E-state index is 0.0719. The molecule has 1 aliphatic carbocycles. The van der Waals surface area contributed by atoms with Crippen LogP contribution >= 0.6 is 15.9 Å². The summed E-state index contributed by atoms with van der Waals surface area (Å²) in [5.41, 5.74) is 0.782. The smallest absolute Gasteiger partial charge is 0.411 e. The third-order valence-electron chi connectivity index (χ3n) is 6.85. The van der Waals surface area contributed by atoms with E-state index in [1.807, 2.05) is 24.3 Å². The van der Waals surface area contributed by atoms with Gasteiger partial charge in [-0.15, -0.1) is 0 Å². The zero-order valence-corrected chi connectivity index (χ0v) is 17.8. The van der Waals surface area contributed by atoms with Crippen molar-refractivity contribution < 1.29 is 9.53 Å². The molecule has 5 heteroatoms. The lowest BCUT2D eigenvalue weighted by molar-refractivity contribution is -0.0177. The number of halogens is 1. The van der Waals surface area contributed by atoms with Gasteiger partial charge in [0.15, 0.2) is 0 Å². The maximum absolute atomic E-state index is 12.5. The minimum Gasteiger partial charge on any atom is -0.446 e. The molecule has 1 N–H and O–H groups in total. The predicted octanol–water partition coefficient (Wildman–Crippen LogP) is 5.82. The third kappa shape index (κ3) is 4.19. The summed E-state index contributed by atoms with van der Waals surface area (Å²) in [6, 6.07) is 8.95. The average molecular weight is 435 g/mol. The van der Waals surface area contributed by atoms with Gasteiger partial charge in [-0.25, -0.2) is 4.79 Å². The Hall–Kier alpha value is -1.07. The van der Waals surface area contributed by atoms with Crippen LogP contribution in [0.3, 0.4) is 0 Å². The van der Waals surface area contributed by atoms with E-state index in [-0.39, 0.29) is 12.2 Å². The molecule has 3 aliphatic rings. The van der Waals surface area contributed by atoms with Gasteiger partial charge in [0, 0.05) is 28.2 Å². The quantitative estimate of drug-likeness (QED) is 0.634. The summed E-state index contributed by atoms with van der Waals surface area (Å²) in [6.07, 6.45) is 9.85. The first-order valence-electron chi connectivity index (χ1n) is 10.6. The molecule has 27 heavy (non-hydrogen) atoms. The van der Waals surface area contributed by atoms with Crippen LogP contribution in [0.1, 0.15) is 58.3 Å². The second-order valence-electron chi connectivity index (χ2n) is 8.48. The SMILES string of the molecule is CCCC[C@H]1[C@@H]2C[C@H]([C@H]3CCCCN31)[C@H](OC(=O)Nc1ccc(Br)cc1)C2. The van der Waals surface area contributed by atoms with Crippen molar-refractivity contribution in [3.8, 4) is 0 Å². The number of ether oxygens (including phenoxy) is 1. The summed E-state index contributed by atoms with van der Waals surface area (Å²) in [6.45, 7) is 3.52. The minimum atomic E-state index is -0.303. The maximum atomic E-state index is 12.5. The van der Waals surface area contributed by atoms with E-state index >= 15 is 0 Å². The van der Waals surface area contributed by atoms with Crippen LogP contribution in [0, 0.1) is 11.8 Å². The number of amides is 1. The van der Waals surface area contributed by atoms with Gasteiger partial charge in [-0.3, -0.25) is 10.2 Å². The standard InChI is InChI=1S/C22H31BrN2O2/c1-2-3-6-19-15-13-18(20-7-4-5-12-25(19)20)21(14-15)27-22(26)24-17-10-8-16(23)9-11-17/h8-11,15,18-21H,2-7,12-14H2,1H3,(H,24,26)/t15-,18-,19+,20-,21-/m1/s1. The first-order chi connectivity index (χ1) is 13.2. The number of nitrogens with one attached hydrogen (secondary N) is 1. The molecule has 1 aromatic rings. The summed E-state index contributed by atoms with van der Waals surface area (Å²) in [5.74, 6) is 1.21. The molecule has 2 heterocycles. The van der Waals surface area contributed by atoms with E-state index in [0.29, 0.717) is 23.9 Å². The number of hydrogen-bond donors (Lipinski definition) is 1. The largest absolute Gasteiger partial charge is 0.446 e. The van der Waals surface area contributed by atoms with Crippen molar-refractivity contribution in [2.75, 3.05) is 11.9 Å². The Kier molecular flexibility index (Phi) is 6.08. The number of nitrogens with zero attached hydrogens (tertiary/aromatic N) is 1. The van der Waals surface area contributed by atoms with E-state index in [4.69, 9.17) is 4.74 Å². The van der Waals surface area contributed by atoms with Crippen LogP contribution in [0.15, 0.2) is 28.7 Å². The van der Waals surface area contributed by atoms with Gasteiger partial charge in [-0.2, -0.15) is 0 Å². The highest BCUT2D eigenvalue weighted by atomic mass is 79.9. The van der Waals surface area contributed by atoms with Crippen LogP contribution in [0.25, 0.3) is 0 Å². The van der Waals surface area contributed by atoms with Gasteiger partial charge in [0.1, 0.15) is 6.10 Å². The summed E-state index contributed by atoms with van der Waals surface area (Å²) < 4.78 is 6.97. The van der Waals surface area contributed by atoms with Crippen molar-refractivity contribution in [3.63, 3.8) is 0 Å². The highest BCUT2D eigenvalue weighted by Crippen LogP contribution is 2.49. The van der Waals surface area contributed by atoms with Crippen molar-refractivity contribution >= 4 is 27.7 Å². The van der Waals surface area contributed by atoms with Gasteiger partial charge in [-0.1, -0.05) is 42.1 Å². The Labute approximate surface area is 171 Å². The Morgan fingerprint density at radius 3 is 2.85 bits per heavy atom. The zero-order chi connectivity index (χ0) is 18.8. The number of benzene rings is 1.